The zero-order chi connectivity index (χ0) is 12.0. The molecule has 1 unspecified atom stereocenters. The van der Waals surface area contributed by atoms with Crippen molar-refractivity contribution in [1.29, 1.82) is 0 Å². The highest BCUT2D eigenvalue weighted by Gasteiger charge is 2.35. The normalized spacial score (nSPS) is 27.6. The number of hydrogen-bond acceptors (Lipinski definition) is 2. The van der Waals surface area contributed by atoms with Crippen molar-refractivity contribution in [2.24, 2.45) is 0 Å². The molecule has 90 valence electrons. The second kappa shape index (κ2) is 3.57. The molecular formula is C14H17NO2. The minimum Gasteiger partial charge on any atom is -0.370 e. The van der Waals surface area contributed by atoms with Crippen LogP contribution in [0.5, 0.6) is 0 Å². The number of fused-ring (bicyclic) bond motifs is 1. The number of nitrogens with zero attached hydrogens (tertiary/aromatic N) is 1. The van der Waals surface area contributed by atoms with Crippen LogP contribution in [0.25, 0.3) is 0 Å². The van der Waals surface area contributed by atoms with Gasteiger partial charge in [0.15, 0.2) is 0 Å². The van der Waals surface area contributed by atoms with Crippen LogP contribution in [0.15, 0.2) is 18.2 Å². The fourth-order valence-corrected chi connectivity index (χ4v) is 2.62. The van der Waals surface area contributed by atoms with Crippen LogP contribution in [-0.2, 0) is 21.6 Å². The Hall–Kier alpha value is -1.35. The topological polar surface area (TPSA) is 29.5 Å². The summed E-state index contributed by atoms with van der Waals surface area (Å²) in [7, 11) is 1.85. The third-order valence-corrected chi connectivity index (χ3v) is 4.03. The number of aryl methyl sites for hydroxylation is 1. The van der Waals surface area contributed by atoms with E-state index in [-0.39, 0.29) is 11.5 Å². The third kappa shape index (κ3) is 1.57. The van der Waals surface area contributed by atoms with Gasteiger partial charge in [0, 0.05) is 25.6 Å². The average molecular weight is 231 g/mol. The van der Waals surface area contributed by atoms with Crippen molar-refractivity contribution in [1.82, 2.24) is 0 Å². The largest absolute Gasteiger partial charge is 0.370 e. The molecule has 0 radical (unpaired) electrons. The second-order valence-electron chi connectivity index (χ2n) is 5.13. The maximum Gasteiger partial charge on any atom is 0.227 e. The molecule has 1 saturated heterocycles. The number of rotatable bonds is 1. The van der Waals surface area contributed by atoms with Crippen molar-refractivity contribution < 1.29 is 9.53 Å². The first-order valence-corrected chi connectivity index (χ1v) is 6.14. The van der Waals surface area contributed by atoms with Crippen LogP contribution >= 0.6 is 0 Å². The summed E-state index contributed by atoms with van der Waals surface area (Å²) in [4.78, 5) is 13.4. The lowest BCUT2D eigenvalue weighted by molar-refractivity contribution is -0.140. The van der Waals surface area contributed by atoms with E-state index in [9.17, 15) is 4.79 Å². The summed E-state index contributed by atoms with van der Waals surface area (Å²) < 4.78 is 5.66. The molecule has 1 aromatic rings. The Morgan fingerprint density at radius 2 is 2.12 bits per heavy atom. The van der Waals surface area contributed by atoms with Crippen molar-refractivity contribution >= 4 is 11.6 Å². The lowest BCUT2D eigenvalue weighted by Gasteiger charge is -2.40. The van der Waals surface area contributed by atoms with Crippen molar-refractivity contribution in [3.8, 4) is 0 Å². The Morgan fingerprint density at radius 1 is 1.35 bits per heavy atom. The minimum atomic E-state index is -0.102. The van der Waals surface area contributed by atoms with E-state index < -0.39 is 0 Å². The van der Waals surface area contributed by atoms with Gasteiger partial charge < -0.3 is 9.64 Å². The number of carbonyl (C=O) groups excluding carboxylic acids is 1. The van der Waals surface area contributed by atoms with E-state index in [1.54, 1.807) is 4.90 Å². The molecule has 1 aromatic carbocycles. The number of anilines is 1. The highest BCUT2D eigenvalue weighted by Crippen LogP contribution is 2.39. The van der Waals surface area contributed by atoms with Gasteiger partial charge in [-0.1, -0.05) is 12.1 Å². The summed E-state index contributed by atoms with van der Waals surface area (Å²) in [5, 5.41) is 0. The fourth-order valence-electron chi connectivity index (χ4n) is 2.62. The number of amides is 1. The number of ether oxygens (including phenoxy) is 1. The fraction of sp³-hybridized carbons (Fsp3) is 0.500. The zero-order valence-electron chi connectivity index (χ0n) is 10.3. The van der Waals surface area contributed by atoms with Crippen LogP contribution in [0.2, 0.25) is 0 Å². The molecule has 0 saturated carbocycles. The molecule has 3 nitrogen and oxygen atoms in total. The maximum atomic E-state index is 11.6. The first kappa shape index (κ1) is 10.8. The van der Waals surface area contributed by atoms with E-state index in [1.807, 2.05) is 7.05 Å². The number of carbonyl (C=O) groups is 1. The molecule has 2 aliphatic heterocycles. The molecule has 3 heteroatoms. The summed E-state index contributed by atoms with van der Waals surface area (Å²) in [5.41, 5.74) is 3.45. The van der Waals surface area contributed by atoms with Crippen LogP contribution in [0.4, 0.5) is 5.69 Å². The van der Waals surface area contributed by atoms with E-state index >= 15 is 0 Å². The van der Waals surface area contributed by atoms with Crippen molar-refractivity contribution in [2.45, 2.75) is 31.8 Å². The molecule has 2 heterocycles. The van der Waals surface area contributed by atoms with E-state index in [1.165, 1.54) is 11.1 Å². The van der Waals surface area contributed by atoms with Gasteiger partial charge in [0.25, 0.3) is 0 Å². The van der Waals surface area contributed by atoms with Gasteiger partial charge in [-0.3, -0.25) is 4.79 Å². The Bertz CT molecular complexity index is 477. The highest BCUT2D eigenvalue weighted by atomic mass is 16.5. The Labute approximate surface area is 101 Å². The molecule has 0 spiro atoms. The molecule has 0 aliphatic carbocycles. The van der Waals surface area contributed by atoms with Gasteiger partial charge in [0.2, 0.25) is 5.91 Å². The molecule has 1 fully saturated rings. The van der Waals surface area contributed by atoms with Crippen molar-refractivity contribution in [3.05, 3.63) is 29.3 Å². The van der Waals surface area contributed by atoms with Gasteiger partial charge in [-0.2, -0.15) is 0 Å². The molecule has 1 amide bonds. The first-order chi connectivity index (χ1) is 8.10. The molecule has 2 aliphatic rings. The first-order valence-electron chi connectivity index (χ1n) is 6.14. The predicted octanol–water partition coefficient (Wildman–Crippen LogP) is 2.23. The molecule has 0 aromatic heterocycles. The Morgan fingerprint density at radius 3 is 2.76 bits per heavy atom. The van der Waals surface area contributed by atoms with Crippen LogP contribution in [0.1, 0.15) is 30.9 Å². The van der Waals surface area contributed by atoms with E-state index in [0.717, 1.165) is 25.1 Å². The van der Waals surface area contributed by atoms with Gasteiger partial charge in [0.05, 0.1) is 12.2 Å². The van der Waals surface area contributed by atoms with E-state index in [0.29, 0.717) is 6.42 Å². The molecular weight excluding hydrogens is 214 g/mol. The van der Waals surface area contributed by atoms with Crippen LogP contribution < -0.4 is 4.90 Å². The van der Waals surface area contributed by atoms with Gasteiger partial charge in [-0.15, -0.1) is 0 Å². The smallest absolute Gasteiger partial charge is 0.227 e. The molecule has 0 N–H and O–H groups in total. The summed E-state index contributed by atoms with van der Waals surface area (Å²) in [5.74, 6) is 0.205. The van der Waals surface area contributed by atoms with Crippen molar-refractivity contribution in [3.63, 3.8) is 0 Å². The van der Waals surface area contributed by atoms with Gasteiger partial charge in [-0.25, -0.2) is 0 Å². The van der Waals surface area contributed by atoms with E-state index in [4.69, 9.17) is 4.74 Å². The Balaban J connectivity index is 2.00. The van der Waals surface area contributed by atoms with Crippen molar-refractivity contribution in [2.75, 3.05) is 18.6 Å². The van der Waals surface area contributed by atoms with Gasteiger partial charge in [0.1, 0.15) is 0 Å². The number of hydrogen-bond donors (Lipinski definition) is 0. The monoisotopic (exact) mass is 231 g/mol. The standard InChI is InChI=1S/C14H17NO2/c1-14(7-8-17-14)11-4-5-12-10(9-11)3-6-13(16)15(12)2/h4-5,9H,3,6-8H2,1-2H3. The quantitative estimate of drug-likeness (QED) is 0.741. The molecule has 1 atom stereocenters. The summed E-state index contributed by atoms with van der Waals surface area (Å²) >= 11 is 0. The second-order valence-corrected chi connectivity index (χ2v) is 5.13. The van der Waals surface area contributed by atoms with Gasteiger partial charge >= 0.3 is 0 Å². The van der Waals surface area contributed by atoms with Gasteiger partial charge in [-0.05, 0) is 30.5 Å². The lowest BCUT2D eigenvalue weighted by atomic mass is 9.86. The number of benzene rings is 1. The molecule has 0 bridgehead atoms. The Kier molecular flexibility index (Phi) is 2.26. The summed E-state index contributed by atoms with van der Waals surface area (Å²) in [6.07, 6.45) is 2.55. The SMILES string of the molecule is CN1C(=O)CCc2cc(C3(C)CCO3)ccc21. The average Bonchev–Trinajstić information content (AvgIpc) is 2.30. The zero-order valence-corrected chi connectivity index (χ0v) is 10.3. The predicted molar refractivity (Wildman–Crippen MR) is 66.1 cm³/mol. The minimum absolute atomic E-state index is 0.102. The molecule has 3 rings (SSSR count). The summed E-state index contributed by atoms with van der Waals surface area (Å²) in [6.45, 7) is 2.99. The van der Waals surface area contributed by atoms with E-state index in [2.05, 4.69) is 25.1 Å². The van der Waals surface area contributed by atoms with Crippen LogP contribution in [-0.4, -0.2) is 19.6 Å². The van der Waals surface area contributed by atoms with Crippen LogP contribution in [0, 0.1) is 0 Å². The third-order valence-electron chi connectivity index (χ3n) is 4.03. The summed E-state index contributed by atoms with van der Waals surface area (Å²) in [6, 6.07) is 6.35. The molecule has 17 heavy (non-hydrogen) atoms. The lowest BCUT2D eigenvalue weighted by Crippen LogP contribution is -2.38. The van der Waals surface area contributed by atoms with Crippen LogP contribution in [0.3, 0.4) is 0 Å². The highest BCUT2D eigenvalue weighted by molar-refractivity contribution is 5.95. The maximum absolute atomic E-state index is 11.6.